The highest BCUT2D eigenvalue weighted by atomic mass is 32.2. The van der Waals surface area contributed by atoms with Crippen molar-refractivity contribution in [2.45, 2.75) is 30.0 Å². The number of aliphatic hydroxyl groups is 1. The largest absolute Gasteiger partial charge is 0.504 e. The van der Waals surface area contributed by atoms with E-state index in [1.54, 1.807) is 54.9 Å². The molecule has 3 aromatic rings. The quantitative estimate of drug-likeness (QED) is 0.651. The van der Waals surface area contributed by atoms with E-state index in [0.29, 0.717) is 11.3 Å². The summed E-state index contributed by atoms with van der Waals surface area (Å²) in [4.78, 5) is 4.19. The average molecular weight is 426 g/mol. The van der Waals surface area contributed by atoms with Crippen LogP contribution in [0.5, 0.6) is 11.5 Å². The van der Waals surface area contributed by atoms with Crippen molar-refractivity contribution in [3.8, 4) is 11.5 Å². The topological polar surface area (TPSA) is 100.0 Å². The maximum absolute atomic E-state index is 13.5. The minimum Gasteiger partial charge on any atom is -0.504 e. The van der Waals surface area contributed by atoms with E-state index in [9.17, 15) is 18.6 Å². The summed E-state index contributed by atoms with van der Waals surface area (Å²) < 4.78 is 33.4. The zero-order chi connectivity index (χ0) is 21.3. The molecule has 4 rings (SSSR count). The van der Waals surface area contributed by atoms with Crippen LogP contribution in [-0.2, 0) is 23.0 Å². The van der Waals surface area contributed by atoms with Gasteiger partial charge in [-0.3, -0.25) is 4.98 Å². The van der Waals surface area contributed by atoms with Crippen LogP contribution in [0.3, 0.4) is 0 Å². The van der Waals surface area contributed by atoms with Gasteiger partial charge >= 0.3 is 0 Å². The Hall–Kier alpha value is -2.94. The number of hydrogen-bond acceptors (Lipinski definition) is 6. The normalized spacial score (nSPS) is 20.5. The van der Waals surface area contributed by atoms with Crippen molar-refractivity contribution >= 4 is 10.0 Å². The Bertz CT molecular complexity index is 1150. The summed E-state index contributed by atoms with van der Waals surface area (Å²) in [6.45, 7) is 0.0848. The monoisotopic (exact) mass is 426 g/mol. The van der Waals surface area contributed by atoms with Crippen molar-refractivity contribution in [2.24, 2.45) is 0 Å². The number of phenols is 1. The van der Waals surface area contributed by atoms with Crippen LogP contribution in [0.1, 0.15) is 22.8 Å². The lowest BCUT2D eigenvalue weighted by Crippen LogP contribution is -2.48. The summed E-state index contributed by atoms with van der Waals surface area (Å²) >= 11 is 0. The van der Waals surface area contributed by atoms with Crippen LogP contribution in [-0.4, -0.2) is 41.1 Å². The molecule has 0 radical (unpaired) electrons. The maximum Gasteiger partial charge on any atom is 0.244 e. The van der Waals surface area contributed by atoms with Gasteiger partial charge in [-0.1, -0.05) is 30.3 Å². The van der Waals surface area contributed by atoms with Crippen LogP contribution in [0.2, 0.25) is 0 Å². The molecular weight excluding hydrogens is 404 g/mol. The van der Waals surface area contributed by atoms with E-state index < -0.39 is 22.2 Å². The zero-order valence-corrected chi connectivity index (χ0v) is 17.2. The van der Waals surface area contributed by atoms with Crippen LogP contribution < -0.4 is 4.74 Å². The molecule has 30 heavy (non-hydrogen) atoms. The fraction of sp³-hybridized carbons (Fsp3) is 0.227. The van der Waals surface area contributed by atoms with E-state index in [0.717, 1.165) is 11.1 Å². The number of ether oxygens (including phenoxy) is 1. The SMILES string of the molecule is COc1cc(C[C@H]2[C@@H](O)c3ccccc3S(=O)(=O)N2Cc2cccnc2)ccc1O. The molecule has 0 aliphatic carbocycles. The highest BCUT2D eigenvalue weighted by Gasteiger charge is 2.43. The summed E-state index contributed by atoms with van der Waals surface area (Å²) in [5, 5.41) is 21.0. The van der Waals surface area contributed by atoms with Gasteiger partial charge in [0.25, 0.3) is 0 Å². The molecule has 156 valence electrons. The lowest BCUT2D eigenvalue weighted by atomic mass is 9.95. The molecule has 8 heteroatoms. The van der Waals surface area contributed by atoms with Crippen LogP contribution in [0, 0.1) is 0 Å². The molecular formula is C22H22N2O5S. The van der Waals surface area contributed by atoms with Gasteiger partial charge in [0.2, 0.25) is 10.0 Å². The fourth-order valence-electron chi connectivity index (χ4n) is 3.81. The summed E-state index contributed by atoms with van der Waals surface area (Å²) in [6, 6.07) is 14.2. The smallest absolute Gasteiger partial charge is 0.244 e. The van der Waals surface area contributed by atoms with Crippen LogP contribution in [0.15, 0.2) is 71.9 Å². The summed E-state index contributed by atoms with van der Waals surface area (Å²) in [5.41, 5.74) is 1.84. The molecule has 2 N–H and O–H groups in total. The number of benzene rings is 2. The fourth-order valence-corrected chi connectivity index (χ4v) is 5.66. The molecule has 2 atom stereocenters. The molecule has 1 aliphatic rings. The standard InChI is InChI=1S/C22H22N2O5S/c1-29-20-12-15(8-9-19(20)25)11-18-22(26)17-6-2-3-7-21(17)30(27,28)24(18)14-16-5-4-10-23-13-16/h2-10,12-13,18,22,25-26H,11,14H2,1H3/t18-,22-/m0/s1. The van der Waals surface area contributed by atoms with Gasteiger partial charge in [0, 0.05) is 24.5 Å². The van der Waals surface area contributed by atoms with Crippen molar-refractivity contribution in [1.82, 2.24) is 9.29 Å². The van der Waals surface area contributed by atoms with Gasteiger partial charge in [-0.15, -0.1) is 0 Å². The van der Waals surface area contributed by atoms with E-state index in [1.807, 2.05) is 0 Å². The van der Waals surface area contributed by atoms with Crippen LogP contribution in [0.4, 0.5) is 0 Å². The Morgan fingerprint density at radius 3 is 2.63 bits per heavy atom. The van der Waals surface area contributed by atoms with E-state index in [2.05, 4.69) is 4.98 Å². The number of pyridine rings is 1. The second-order valence-corrected chi connectivity index (χ2v) is 9.03. The van der Waals surface area contributed by atoms with E-state index >= 15 is 0 Å². The van der Waals surface area contributed by atoms with Crippen molar-refractivity contribution in [1.29, 1.82) is 0 Å². The van der Waals surface area contributed by atoms with Gasteiger partial charge in [0.15, 0.2) is 11.5 Å². The first-order valence-corrected chi connectivity index (χ1v) is 10.9. The molecule has 0 saturated carbocycles. The summed E-state index contributed by atoms with van der Waals surface area (Å²) in [7, 11) is -2.39. The first kappa shape index (κ1) is 20.3. The Morgan fingerprint density at radius 2 is 1.90 bits per heavy atom. The second-order valence-electron chi connectivity index (χ2n) is 7.17. The van der Waals surface area contributed by atoms with Gasteiger partial charge in [0.1, 0.15) is 0 Å². The lowest BCUT2D eigenvalue weighted by molar-refractivity contribution is 0.0769. The molecule has 0 spiro atoms. The minimum atomic E-state index is -3.84. The molecule has 2 heterocycles. The number of fused-ring (bicyclic) bond motifs is 1. The van der Waals surface area contributed by atoms with Gasteiger partial charge in [-0.05, 0) is 41.8 Å². The molecule has 1 aromatic heterocycles. The predicted molar refractivity (Wildman–Crippen MR) is 111 cm³/mol. The zero-order valence-electron chi connectivity index (χ0n) is 16.3. The number of nitrogens with zero attached hydrogens (tertiary/aromatic N) is 2. The highest BCUT2D eigenvalue weighted by molar-refractivity contribution is 7.89. The Morgan fingerprint density at radius 1 is 1.10 bits per heavy atom. The number of sulfonamides is 1. The van der Waals surface area contributed by atoms with Crippen LogP contribution >= 0.6 is 0 Å². The number of aromatic hydroxyl groups is 1. The molecule has 2 aromatic carbocycles. The molecule has 0 amide bonds. The Labute approximate surface area is 175 Å². The first-order valence-electron chi connectivity index (χ1n) is 9.45. The Balaban J connectivity index is 1.78. The maximum atomic E-state index is 13.5. The van der Waals surface area contributed by atoms with E-state index in [4.69, 9.17) is 4.74 Å². The number of hydrogen-bond donors (Lipinski definition) is 2. The van der Waals surface area contributed by atoms with Crippen molar-refractivity contribution in [2.75, 3.05) is 7.11 Å². The van der Waals surface area contributed by atoms with Crippen molar-refractivity contribution in [3.63, 3.8) is 0 Å². The van der Waals surface area contributed by atoms with Crippen molar-refractivity contribution < 1.29 is 23.4 Å². The molecule has 0 unspecified atom stereocenters. The number of aromatic nitrogens is 1. The van der Waals surface area contributed by atoms with E-state index in [1.165, 1.54) is 23.5 Å². The number of aliphatic hydroxyl groups excluding tert-OH is 1. The lowest BCUT2D eigenvalue weighted by Gasteiger charge is -2.39. The third-order valence-corrected chi connectivity index (χ3v) is 7.25. The average Bonchev–Trinajstić information content (AvgIpc) is 2.76. The molecule has 1 aliphatic heterocycles. The third-order valence-electron chi connectivity index (χ3n) is 5.31. The molecule has 0 saturated heterocycles. The van der Waals surface area contributed by atoms with Gasteiger partial charge < -0.3 is 14.9 Å². The third kappa shape index (κ3) is 3.65. The minimum absolute atomic E-state index is 0.00405. The molecule has 0 bridgehead atoms. The highest BCUT2D eigenvalue weighted by Crippen LogP contribution is 2.39. The molecule has 0 fully saturated rings. The van der Waals surface area contributed by atoms with Gasteiger partial charge in [0.05, 0.1) is 24.2 Å². The summed E-state index contributed by atoms with van der Waals surface area (Å²) in [5.74, 6) is 0.287. The number of methoxy groups -OCH3 is 1. The predicted octanol–water partition coefficient (Wildman–Crippen LogP) is 2.65. The van der Waals surface area contributed by atoms with Gasteiger partial charge in [-0.25, -0.2) is 8.42 Å². The second kappa shape index (κ2) is 8.06. The number of phenolic OH excluding ortho intramolecular Hbond substituents is 1. The summed E-state index contributed by atoms with van der Waals surface area (Å²) in [6.07, 6.45) is 2.47. The van der Waals surface area contributed by atoms with Crippen molar-refractivity contribution in [3.05, 3.63) is 83.7 Å². The molecule has 7 nitrogen and oxygen atoms in total. The van der Waals surface area contributed by atoms with E-state index in [-0.39, 0.29) is 23.6 Å². The van der Waals surface area contributed by atoms with Crippen LogP contribution in [0.25, 0.3) is 0 Å². The first-order chi connectivity index (χ1) is 14.4. The Kier molecular flexibility index (Phi) is 5.46. The van der Waals surface area contributed by atoms with Gasteiger partial charge in [-0.2, -0.15) is 4.31 Å². The number of rotatable bonds is 5.